The Kier molecular flexibility index (Phi) is 5.16. The number of methoxy groups -OCH3 is 1. The lowest BCUT2D eigenvalue weighted by Crippen LogP contribution is -2.19. The Morgan fingerprint density at radius 3 is 3.00 bits per heavy atom. The summed E-state index contributed by atoms with van der Waals surface area (Å²) in [6.45, 7) is 6.41. The van der Waals surface area contributed by atoms with Gasteiger partial charge < -0.3 is 10.2 Å². The topological polar surface area (TPSA) is 33.6 Å². The van der Waals surface area contributed by atoms with E-state index in [1.54, 1.807) is 13.2 Å². The molecule has 0 unspecified atom stereocenters. The molecular formula is C18H20N2O. The molecule has 0 aliphatic carbocycles. The maximum Gasteiger partial charge on any atom is 0.119 e. The Bertz CT molecular complexity index is 636. The summed E-state index contributed by atoms with van der Waals surface area (Å²) in [6, 6.07) is 8.05. The van der Waals surface area contributed by atoms with Crippen molar-refractivity contribution in [1.82, 2.24) is 5.43 Å². The summed E-state index contributed by atoms with van der Waals surface area (Å²) in [5.74, 6) is 0.860. The van der Waals surface area contributed by atoms with Crippen LogP contribution >= 0.6 is 0 Å². The zero-order valence-corrected chi connectivity index (χ0v) is 12.5. The molecule has 0 bridgehead atoms. The molecule has 1 aliphatic heterocycles. The van der Waals surface area contributed by atoms with Gasteiger partial charge in [-0.1, -0.05) is 43.0 Å². The molecule has 0 aromatic heterocycles. The molecule has 1 aromatic carbocycles. The van der Waals surface area contributed by atoms with Crippen molar-refractivity contribution in [3.8, 4) is 5.75 Å². The second-order valence-corrected chi connectivity index (χ2v) is 4.70. The molecule has 2 rings (SSSR count). The molecule has 0 saturated heterocycles. The van der Waals surface area contributed by atoms with Crippen LogP contribution in [0.25, 0.3) is 5.57 Å². The summed E-state index contributed by atoms with van der Waals surface area (Å²) in [4.78, 5) is 0. The number of allylic oxidation sites excluding steroid dienone is 6. The molecule has 3 heteroatoms. The molecule has 1 aromatic rings. The van der Waals surface area contributed by atoms with E-state index in [1.165, 1.54) is 5.57 Å². The molecule has 1 heterocycles. The van der Waals surface area contributed by atoms with Gasteiger partial charge in [0.15, 0.2) is 0 Å². The zero-order valence-electron chi connectivity index (χ0n) is 12.5. The van der Waals surface area contributed by atoms with Crippen molar-refractivity contribution in [2.24, 2.45) is 5.10 Å². The monoisotopic (exact) mass is 280 g/mol. The van der Waals surface area contributed by atoms with E-state index in [0.29, 0.717) is 6.54 Å². The lowest BCUT2D eigenvalue weighted by atomic mass is 10.0. The number of ether oxygens (including phenoxy) is 1. The number of hydrazone groups is 1. The van der Waals surface area contributed by atoms with Gasteiger partial charge in [0.05, 0.1) is 19.4 Å². The fourth-order valence-electron chi connectivity index (χ4n) is 2.03. The quantitative estimate of drug-likeness (QED) is 0.834. The van der Waals surface area contributed by atoms with Gasteiger partial charge in [0, 0.05) is 0 Å². The number of benzene rings is 1. The SMILES string of the molecule is C=C/C=C\C=C(/C)C1=NNCC(c2cccc(OC)c2)=C1. The van der Waals surface area contributed by atoms with E-state index in [0.717, 1.165) is 22.6 Å². The van der Waals surface area contributed by atoms with E-state index in [-0.39, 0.29) is 0 Å². The number of rotatable bonds is 5. The van der Waals surface area contributed by atoms with Crippen LogP contribution in [0.5, 0.6) is 5.75 Å². The van der Waals surface area contributed by atoms with Crippen molar-refractivity contribution in [2.45, 2.75) is 6.92 Å². The van der Waals surface area contributed by atoms with Gasteiger partial charge in [-0.05, 0) is 41.8 Å². The lowest BCUT2D eigenvalue weighted by molar-refractivity contribution is 0.414. The van der Waals surface area contributed by atoms with Gasteiger partial charge in [0.1, 0.15) is 5.75 Å². The molecule has 0 fully saturated rings. The maximum atomic E-state index is 5.28. The fourth-order valence-corrected chi connectivity index (χ4v) is 2.03. The number of nitrogens with one attached hydrogen (secondary N) is 1. The first kappa shape index (κ1) is 14.9. The highest BCUT2D eigenvalue weighted by atomic mass is 16.5. The van der Waals surface area contributed by atoms with Crippen LogP contribution in [-0.4, -0.2) is 19.4 Å². The van der Waals surface area contributed by atoms with Gasteiger partial charge in [-0.2, -0.15) is 5.10 Å². The Morgan fingerprint density at radius 1 is 1.38 bits per heavy atom. The van der Waals surface area contributed by atoms with Crippen molar-refractivity contribution in [2.75, 3.05) is 13.7 Å². The number of hydrogen-bond acceptors (Lipinski definition) is 3. The summed E-state index contributed by atoms with van der Waals surface area (Å²) in [5.41, 5.74) is 7.46. The Balaban J connectivity index is 2.25. The van der Waals surface area contributed by atoms with Gasteiger partial charge >= 0.3 is 0 Å². The highest BCUT2D eigenvalue weighted by Crippen LogP contribution is 2.22. The molecular weight excluding hydrogens is 260 g/mol. The van der Waals surface area contributed by atoms with Gasteiger partial charge in [-0.3, -0.25) is 0 Å². The standard InChI is InChI=1S/C18H20N2O/c1-4-5-6-8-14(2)18-12-16(13-19-20-18)15-9-7-10-17(11-15)21-3/h4-12,19H,1,13H2,2-3H3/b6-5-,14-8+. The average Bonchev–Trinajstić information content (AvgIpc) is 2.55. The second kappa shape index (κ2) is 7.29. The fraction of sp³-hybridized carbons (Fsp3) is 0.167. The normalized spacial score (nSPS) is 15.2. The van der Waals surface area contributed by atoms with E-state index < -0.39 is 0 Å². The third-order valence-corrected chi connectivity index (χ3v) is 3.22. The van der Waals surface area contributed by atoms with Crippen LogP contribution in [0.2, 0.25) is 0 Å². The molecule has 0 amide bonds. The first-order valence-electron chi connectivity index (χ1n) is 6.86. The van der Waals surface area contributed by atoms with E-state index in [9.17, 15) is 0 Å². The minimum Gasteiger partial charge on any atom is -0.497 e. The molecule has 1 aliphatic rings. The van der Waals surface area contributed by atoms with Crippen molar-refractivity contribution >= 4 is 11.3 Å². The summed E-state index contributed by atoms with van der Waals surface area (Å²) in [7, 11) is 1.68. The van der Waals surface area contributed by atoms with Crippen LogP contribution in [0.3, 0.4) is 0 Å². The highest BCUT2D eigenvalue weighted by molar-refractivity contribution is 6.12. The molecule has 1 N–H and O–H groups in total. The molecule has 108 valence electrons. The molecule has 21 heavy (non-hydrogen) atoms. The second-order valence-electron chi connectivity index (χ2n) is 4.70. The van der Waals surface area contributed by atoms with E-state index >= 15 is 0 Å². The summed E-state index contributed by atoms with van der Waals surface area (Å²) in [6.07, 6.45) is 9.74. The van der Waals surface area contributed by atoms with Crippen LogP contribution in [0.15, 0.2) is 71.9 Å². The summed E-state index contributed by atoms with van der Waals surface area (Å²) < 4.78 is 5.28. The largest absolute Gasteiger partial charge is 0.497 e. The smallest absolute Gasteiger partial charge is 0.119 e. The minimum absolute atomic E-state index is 0.715. The molecule has 0 radical (unpaired) electrons. The minimum atomic E-state index is 0.715. The molecule has 0 atom stereocenters. The Morgan fingerprint density at radius 2 is 2.24 bits per heavy atom. The van der Waals surface area contributed by atoms with Crippen LogP contribution in [-0.2, 0) is 0 Å². The summed E-state index contributed by atoms with van der Waals surface area (Å²) in [5, 5.41) is 4.36. The maximum absolute atomic E-state index is 5.28. The van der Waals surface area contributed by atoms with Crippen LogP contribution < -0.4 is 10.2 Å². The van der Waals surface area contributed by atoms with Gasteiger partial charge in [-0.15, -0.1) is 0 Å². The van der Waals surface area contributed by atoms with Crippen LogP contribution in [0.4, 0.5) is 0 Å². The van der Waals surface area contributed by atoms with Gasteiger partial charge in [0.25, 0.3) is 0 Å². The first-order chi connectivity index (χ1) is 10.2. The van der Waals surface area contributed by atoms with Crippen molar-refractivity contribution < 1.29 is 4.74 Å². The predicted molar refractivity (Wildman–Crippen MR) is 89.5 cm³/mol. The lowest BCUT2D eigenvalue weighted by Gasteiger charge is -2.15. The summed E-state index contributed by atoms with van der Waals surface area (Å²) >= 11 is 0. The zero-order chi connectivity index (χ0) is 15.1. The van der Waals surface area contributed by atoms with Gasteiger partial charge in [0.2, 0.25) is 0 Å². The Hall–Kier alpha value is -2.55. The number of nitrogens with zero attached hydrogens (tertiary/aromatic N) is 1. The molecule has 3 nitrogen and oxygen atoms in total. The van der Waals surface area contributed by atoms with Crippen LogP contribution in [0.1, 0.15) is 12.5 Å². The predicted octanol–water partition coefficient (Wildman–Crippen LogP) is 3.73. The molecule has 0 saturated carbocycles. The highest BCUT2D eigenvalue weighted by Gasteiger charge is 2.10. The van der Waals surface area contributed by atoms with E-state index in [1.807, 2.05) is 43.4 Å². The average molecular weight is 280 g/mol. The van der Waals surface area contributed by atoms with Crippen molar-refractivity contribution in [1.29, 1.82) is 0 Å². The van der Waals surface area contributed by atoms with Gasteiger partial charge in [-0.25, -0.2) is 0 Å². The van der Waals surface area contributed by atoms with Crippen LogP contribution in [0, 0.1) is 0 Å². The van der Waals surface area contributed by atoms with Crippen molar-refractivity contribution in [3.63, 3.8) is 0 Å². The van der Waals surface area contributed by atoms with E-state index in [4.69, 9.17) is 4.74 Å². The molecule has 0 spiro atoms. The first-order valence-corrected chi connectivity index (χ1v) is 6.86. The van der Waals surface area contributed by atoms with Crippen molar-refractivity contribution in [3.05, 3.63) is 72.4 Å². The number of hydrogen-bond donors (Lipinski definition) is 1. The van der Waals surface area contributed by atoms with E-state index in [2.05, 4.69) is 29.2 Å². The third-order valence-electron chi connectivity index (χ3n) is 3.22. The Labute approximate surface area is 126 Å². The third kappa shape index (κ3) is 3.96.